The molecule has 6 heteroatoms. The van der Waals surface area contributed by atoms with Crippen molar-refractivity contribution in [2.75, 3.05) is 7.11 Å². The monoisotopic (exact) mass is 337 g/mol. The summed E-state index contributed by atoms with van der Waals surface area (Å²) in [4.78, 5) is 26.6. The van der Waals surface area contributed by atoms with Crippen molar-refractivity contribution < 1.29 is 19.4 Å². The molecule has 2 aliphatic rings. The first-order chi connectivity index (χ1) is 10.9. The predicted molar refractivity (Wildman–Crippen MR) is 86.0 cm³/mol. The SMILES string of the molecule is CC[C@@]1(C(=O)O)C[C@@H]2CC[C@H]1N2C(=O)c1ccc(Cl)cc1OC. The van der Waals surface area contributed by atoms with Crippen LogP contribution in [0.4, 0.5) is 0 Å². The predicted octanol–water partition coefficient (Wildman–Crippen LogP) is 3.21. The van der Waals surface area contributed by atoms with E-state index in [1.165, 1.54) is 7.11 Å². The quantitative estimate of drug-likeness (QED) is 0.916. The van der Waals surface area contributed by atoms with Gasteiger partial charge in [-0.25, -0.2) is 0 Å². The van der Waals surface area contributed by atoms with Gasteiger partial charge in [-0.2, -0.15) is 0 Å². The number of amides is 1. The number of nitrogens with zero attached hydrogens (tertiary/aromatic N) is 1. The second kappa shape index (κ2) is 5.71. The molecule has 2 fully saturated rings. The van der Waals surface area contributed by atoms with Crippen molar-refractivity contribution in [1.82, 2.24) is 4.90 Å². The lowest BCUT2D eigenvalue weighted by molar-refractivity contribution is -0.151. The molecule has 124 valence electrons. The number of aliphatic carboxylic acids is 1. The Labute approximate surface area is 140 Å². The molecular formula is C17H20ClNO4. The number of rotatable bonds is 4. The number of carbonyl (C=O) groups excluding carboxylic acids is 1. The van der Waals surface area contributed by atoms with Crippen molar-refractivity contribution in [3.63, 3.8) is 0 Å². The van der Waals surface area contributed by atoms with Crippen molar-refractivity contribution >= 4 is 23.5 Å². The van der Waals surface area contributed by atoms with Crippen molar-refractivity contribution in [3.8, 4) is 5.75 Å². The molecule has 0 saturated carbocycles. The summed E-state index contributed by atoms with van der Waals surface area (Å²) < 4.78 is 5.28. The van der Waals surface area contributed by atoms with Crippen LogP contribution in [-0.2, 0) is 4.79 Å². The Morgan fingerprint density at radius 3 is 2.74 bits per heavy atom. The van der Waals surface area contributed by atoms with Gasteiger partial charge in [0.15, 0.2) is 0 Å². The fraction of sp³-hybridized carbons (Fsp3) is 0.529. The molecule has 1 aromatic carbocycles. The summed E-state index contributed by atoms with van der Waals surface area (Å²) in [5.41, 5.74) is -0.385. The van der Waals surface area contributed by atoms with E-state index in [1.807, 2.05) is 6.92 Å². The van der Waals surface area contributed by atoms with Gasteiger partial charge in [-0.05, 0) is 43.9 Å². The number of methoxy groups -OCH3 is 1. The van der Waals surface area contributed by atoms with Crippen LogP contribution in [0, 0.1) is 5.41 Å². The number of ether oxygens (including phenoxy) is 1. The summed E-state index contributed by atoms with van der Waals surface area (Å²) >= 11 is 5.96. The molecule has 0 unspecified atom stereocenters. The Morgan fingerprint density at radius 1 is 1.43 bits per heavy atom. The maximum Gasteiger partial charge on any atom is 0.311 e. The molecule has 0 radical (unpaired) electrons. The molecular weight excluding hydrogens is 318 g/mol. The van der Waals surface area contributed by atoms with Gasteiger partial charge in [-0.3, -0.25) is 9.59 Å². The highest BCUT2D eigenvalue weighted by molar-refractivity contribution is 6.30. The number of hydrogen-bond donors (Lipinski definition) is 1. The van der Waals surface area contributed by atoms with Crippen LogP contribution in [0.1, 0.15) is 43.0 Å². The number of carboxylic acid groups (broad SMARTS) is 1. The van der Waals surface area contributed by atoms with Crippen molar-refractivity contribution in [1.29, 1.82) is 0 Å². The lowest BCUT2D eigenvalue weighted by Crippen LogP contribution is -2.44. The number of hydrogen-bond acceptors (Lipinski definition) is 3. The zero-order valence-electron chi connectivity index (χ0n) is 13.2. The zero-order chi connectivity index (χ0) is 16.8. The Hall–Kier alpha value is -1.75. The molecule has 0 aliphatic carbocycles. The molecule has 2 bridgehead atoms. The zero-order valence-corrected chi connectivity index (χ0v) is 14.0. The van der Waals surface area contributed by atoms with Crippen LogP contribution in [0.3, 0.4) is 0 Å². The van der Waals surface area contributed by atoms with Crippen molar-refractivity contribution in [3.05, 3.63) is 28.8 Å². The van der Waals surface area contributed by atoms with E-state index in [0.29, 0.717) is 29.2 Å². The van der Waals surface area contributed by atoms with E-state index in [0.717, 1.165) is 12.8 Å². The summed E-state index contributed by atoms with van der Waals surface area (Å²) in [6.07, 6.45) is 2.67. The van der Waals surface area contributed by atoms with Crippen LogP contribution >= 0.6 is 11.6 Å². The maximum atomic E-state index is 13.0. The van der Waals surface area contributed by atoms with Crippen LogP contribution in [0.5, 0.6) is 5.75 Å². The first-order valence-electron chi connectivity index (χ1n) is 7.84. The first-order valence-corrected chi connectivity index (χ1v) is 8.22. The van der Waals surface area contributed by atoms with Gasteiger partial charge in [0.1, 0.15) is 5.75 Å². The number of carboxylic acids is 1. The minimum atomic E-state index is -0.821. The molecule has 2 heterocycles. The van der Waals surface area contributed by atoms with Gasteiger partial charge in [0.05, 0.1) is 18.1 Å². The van der Waals surface area contributed by atoms with Gasteiger partial charge in [-0.1, -0.05) is 18.5 Å². The molecule has 3 atom stereocenters. The van der Waals surface area contributed by atoms with Gasteiger partial charge in [-0.15, -0.1) is 0 Å². The molecule has 5 nitrogen and oxygen atoms in total. The van der Waals surface area contributed by atoms with E-state index in [4.69, 9.17) is 16.3 Å². The number of carbonyl (C=O) groups is 2. The molecule has 0 spiro atoms. The largest absolute Gasteiger partial charge is 0.496 e. The molecule has 23 heavy (non-hydrogen) atoms. The van der Waals surface area contributed by atoms with Gasteiger partial charge in [0, 0.05) is 17.1 Å². The lowest BCUT2D eigenvalue weighted by atomic mass is 9.72. The van der Waals surface area contributed by atoms with E-state index >= 15 is 0 Å². The summed E-state index contributed by atoms with van der Waals surface area (Å²) in [5.74, 6) is -0.540. The Morgan fingerprint density at radius 2 is 2.17 bits per heavy atom. The minimum absolute atomic E-state index is 0.0102. The topological polar surface area (TPSA) is 66.8 Å². The molecule has 2 aliphatic heterocycles. The third-order valence-corrected chi connectivity index (χ3v) is 5.66. The maximum absolute atomic E-state index is 13.0. The van der Waals surface area contributed by atoms with Crippen LogP contribution in [0.2, 0.25) is 5.02 Å². The van der Waals surface area contributed by atoms with Crippen molar-refractivity contribution in [2.24, 2.45) is 5.41 Å². The highest BCUT2D eigenvalue weighted by Gasteiger charge is 2.60. The molecule has 1 amide bonds. The Kier molecular flexibility index (Phi) is 4.00. The Bertz CT molecular complexity index is 662. The summed E-state index contributed by atoms with van der Waals surface area (Å²) in [5, 5.41) is 10.2. The van der Waals surface area contributed by atoms with Crippen LogP contribution in [0.25, 0.3) is 0 Å². The molecule has 1 aromatic rings. The van der Waals surface area contributed by atoms with Gasteiger partial charge >= 0.3 is 5.97 Å². The van der Waals surface area contributed by atoms with Gasteiger partial charge < -0.3 is 14.7 Å². The first kappa shape index (κ1) is 16.1. The standard InChI is InChI=1S/C17H20ClNO4/c1-3-17(16(21)22)9-11-5-7-14(17)19(11)15(20)12-6-4-10(18)8-13(12)23-2/h4,6,8,11,14H,3,5,7,9H2,1-2H3,(H,21,22)/t11-,14+,17+/m0/s1. The van der Waals surface area contributed by atoms with E-state index in [1.54, 1.807) is 23.1 Å². The average Bonchev–Trinajstić information content (AvgIpc) is 3.10. The fourth-order valence-corrected chi connectivity index (χ4v) is 4.39. The lowest BCUT2D eigenvalue weighted by Gasteiger charge is -2.32. The summed E-state index contributed by atoms with van der Waals surface area (Å²) in [6.45, 7) is 1.89. The van der Waals surface area contributed by atoms with Crippen LogP contribution in [0.15, 0.2) is 18.2 Å². The number of benzene rings is 1. The average molecular weight is 338 g/mol. The van der Waals surface area contributed by atoms with Crippen molar-refractivity contribution in [2.45, 2.75) is 44.7 Å². The Balaban J connectivity index is 1.97. The smallest absolute Gasteiger partial charge is 0.311 e. The van der Waals surface area contributed by atoms with E-state index in [-0.39, 0.29) is 18.0 Å². The third-order valence-electron chi connectivity index (χ3n) is 5.43. The minimum Gasteiger partial charge on any atom is -0.496 e. The molecule has 0 aromatic heterocycles. The number of halogens is 1. The highest BCUT2D eigenvalue weighted by atomic mass is 35.5. The normalized spacial score (nSPS) is 28.9. The fourth-order valence-electron chi connectivity index (χ4n) is 4.23. The highest BCUT2D eigenvalue weighted by Crippen LogP contribution is 2.52. The summed E-state index contributed by atoms with van der Waals surface area (Å²) in [7, 11) is 1.49. The van der Waals surface area contributed by atoms with Crippen LogP contribution < -0.4 is 4.74 Å². The van der Waals surface area contributed by atoms with Gasteiger partial charge in [0.25, 0.3) is 5.91 Å². The van der Waals surface area contributed by atoms with E-state index in [9.17, 15) is 14.7 Å². The van der Waals surface area contributed by atoms with E-state index in [2.05, 4.69) is 0 Å². The second-order valence-electron chi connectivity index (χ2n) is 6.32. The van der Waals surface area contributed by atoms with E-state index < -0.39 is 11.4 Å². The third kappa shape index (κ3) is 2.29. The van der Waals surface area contributed by atoms with Crippen LogP contribution in [-0.4, -0.2) is 41.1 Å². The molecule has 1 N–H and O–H groups in total. The summed E-state index contributed by atoms with van der Waals surface area (Å²) in [6, 6.07) is 4.65. The van der Waals surface area contributed by atoms with Gasteiger partial charge in [0.2, 0.25) is 0 Å². The number of fused-ring (bicyclic) bond motifs is 2. The second-order valence-corrected chi connectivity index (χ2v) is 6.76. The molecule has 3 rings (SSSR count). The molecule has 2 saturated heterocycles.